The van der Waals surface area contributed by atoms with Gasteiger partial charge in [-0.25, -0.2) is 4.79 Å². The number of urea groups is 1. The summed E-state index contributed by atoms with van der Waals surface area (Å²) in [6.07, 6.45) is 0.526. The van der Waals surface area contributed by atoms with Gasteiger partial charge in [0.25, 0.3) is 0 Å². The maximum atomic E-state index is 11.8. The number of amides is 3. The number of nitrogens with one attached hydrogen (secondary N) is 2. The highest BCUT2D eigenvalue weighted by Gasteiger charge is 2.24. The van der Waals surface area contributed by atoms with Crippen LogP contribution in [0.15, 0.2) is 0 Å². The summed E-state index contributed by atoms with van der Waals surface area (Å²) in [7, 11) is 1.43. The van der Waals surface area contributed by atoms with Crippen molar-refractivity contribution >= 4 is 17.9 Å². The van der Waals surface area contributed by atoms with Gasteiger partial charge in [0, 0.05) is 19.5 Å². The van der Waals surface area contributed by atoms with E-state index in [9.17, 15) is 14.4 Å². The highest BCUT2D eigenvalue weighted by atomic mass is 16.4. The smallest absolute Gasteiger partial charge is 0.321 e. The summed E-state index contributed by atoms with van der Waals surface area (Å²) < 4.78 is 0. The first kappa shape index (κ1) is 17.4. The molecular weight excluding hydrogens is 250 g/mol. The summed E-state index contributed by atoms with van der Waals surface area (Å²) in [6, 6.07) is -0.962. The molecular formula is C12H23N3O4. The van der Waals surface area contributed by atoms with Gasteiger partial charge < -0.3 is 10.4 Å². The molecule has 110 valence electrons. The lowest BCUT2D eigenvalue weighted by molar-refractivity contribution is -0.137. The first-order chi connectivity index (χ1) is 8.79. The fraction of sp³-hybridized carbons (Fsp3) is 0.750. The maximum Gasteiger partial charge on any atom is 0.321 e. The summed E-state index contributed by atoms with van der Waals surface area (Å²) in [5, 5.41) is 13.1. The first-order valence-electron chi connectivity index (χ1n) is 6.29. The van der Waals surface area contributed by atoms with Gasteiger partial charge in [-0.2, -0.15) is 0 Å². The average molecular weight is 273 g/mol. The number of hydrogen-bond donors (Lipinski definition) is 3. The van der Waals surface area contributed by atoms with E-state index in [1.165, 1.54) is 7.05 Å². The standard InChI is InChI=1S/C12H23N3O4/c1-8(2)15(7-5-6-10(16)17)9(3)11(18)14-12(19)13-4/h8-9H,5-7H2,1-4H3,(H,16,17)(H2,13,14,18,19). The van der Waals surface area contributed by atoms with Crippen LogP contribution < -0.4 is 10.6 Å². The third-order valence-electron chi connectivity index (χ3n) is 2.81. The number of rotatable bonds is 7. The Bertz CT molecular complexity index is 331. The third kappa shape index (κ3) is 6.76. The number of carbonyl (C=O) groups excluding carboxylic acids is 2. The number of imide groups is 1. The average Bonchev–Trinajstić information content (AvgIpc) is 2.32. The van der Waals surface area contributed by atoms with E-state index in [0.29, 0.717) is 13.0 Å². The molecule has 1 atom stereocenters. The lowest BCUT2D eigenvalue weighted by atomic mass is 10.1. The van der Waals surface area contributed by atoms with Crippen LogP contribution in [0.5, 0.6) is 0 Å². The van der Waals surface area contributed by atoms with Crippen LogP contribution in [0.1, 0.15) is 33.6 Å². The lowest BCUT2D eigenvalue weighted by Crippen LogP contribution is -2.51. The van der Waals surface area contributed by atoms with Crippen LogP contribution in [0.25, 0.3) is 0 Å². The molecule has 0 fully saturated rings. The molecule has 0 spiro atoms. The van der Waals surface area contributed by atoms with Crippen LogP contribution in [0.2, 0.25) is 0 Å². The quantitative estimate of drug-likeness (QED) is 0.624. The van der Waals surface area contributed by atoms with Crippen molar-refractivity contribution in [3.8, 4) is 0 Å². The lowest BCUT2D eigenvalue weighted by Gasteiger charge is -2.31. The van der Waals surface area contributed by atoms with Gasteiger partial charge in [-0.3, -0.25) is 19.8 Å². The Morgan fingerprint density at radius 3 is 2.21 bits per heavy atom. The van der Waals surface area contributed by atoms with Crippen LogP contribution in [-0.2, 0) is 9.59 Å². The van der Waals surface area contributed by atoms with E-state index >= 15 is 0 Å². The Morgan fingerprint density at radius 1 is 1.21 bits per heavy atom. The van der Waals surface area contributed by atoms with Crippen molar-refractivity contribution in [2.45, 2.75) is 45.7 Å². The second kappa shape index (κ2) is 8.47. The molecule has 0 bridgehead atoms. The largest absolute Gasteiger partial charge is 0.481 e. The van der Waals surface area contributed by atoms with Crippen molar-refractivity contribution < 1.29 is 19.5 Å². The molecule has 0 rings (SSSR count). The van der Waals surface area contributed by atoms with Crippen LogP contribution in [-0.4, -0.2) is 53.6 Å². The summed E-state index contributed by atoms with van der Waals surface area (Å²) in [6.45, 7) is 6.03. The third-order valence-corrected chi connectivity index (χ3v) is 2.81. The fourth-order valence-electron chi connectivity index (χ4n) is 1.74. The van der Waals surface area contributed by atoms with Crippen LogP contribution >= 0.6 is 0 Å². The Morgan fingerprint density at radius 2 is 1.79 bits per heavy atom. The number of nitrogens with zero attached hydrogens (tertiary/aromatic N) is 1. The molecule has 0 saturated carbocycles. The molecule has 7 nitrogen and oxygen atoms in total. The highest BCUT2D eigenvalue weighted by molar-refractivity contribution is 5.96. The summed E-state index contributed by atoms with van der Waals surface area (Å²) in [4.78, 5) is 35.3. The van der Waals surface area contributed by atoms with Gasteiger partial charge in [0.15, 0.2) is 0 Å². The Kier molecular flexibility index (Phi) is 7.74. The zero-order chi connectivity index (χ0) is 15.0. The van der Waals surface area contributed by atoms with Crippen LogP contribution in [0, 0.1) is 0 Å². The molecule has 0 aliphatic carbocycles. The number of aliphatic carboxylic acids is 1. The minimum Gasteiger partial charge on any atom is -0.481 e. The van der Waals surface area contributed by atoms with Crippen LogP contribution in [0.3, 0.4) is 0 Å². The van der Waals surface area contributed by atoms with Crippen molar-refractivity contribution in [1.82, 2.24) is 15.5 Å². The van der Waals surface area contributed by atoms with Gasteiger partial charge >= 0.3 is 12.0 Å². The van der Waals surface area contributed by atoms with E-state index in [1.807, 2.05) is 18.7 Å². The van der Waals surface area contributed by atoms with Gasteiger partial charge in [0.2, 0.25) is 5.91 Å². The molecule has 3 amide bonds. The molecule has 0 aliphatic heterocycles. The predicted octanol–water partition coefficient (Wildman–Crippen LogP) is 0.406. The molecule has 0 heterocycles. The molecule has 0 aromatic rings. The first-order valence-corrected chi connectivity index (χ1v) is 6.29. The molecule has 3 N–H and O–H groups in total. The van der Waals surface area contributed by atoms with Crippen molar-refractivity contribution in [3.05, 3.63) is 0 Å². The highest BCUT2D eigenvalue weighted by Crippen LogP contribution is 2.08. The summed E-state index contributed by atoms with van der Waals surface area (Å²) >= 11 is 0. The molecule has 1 unspecified atom stereocenters. The number of carboxylic acids is 1. The minimum atomic E-state index is -0.855. The predicted molar refractivity (Wildman–Crippen MR) is 70.8 cm³/mol. The van der Waals surface area contributed by atoms with Crippen molar-refractivity contribution in [2.75, 3.05) is 13.6 Å². The normalized spacial score (nSPS) is 12.3. The van der Waals surface area contributed by atoms with Crippen molar-refractivity contribution in [3.63, 3.8) is 0 Å². The number of carboxylic acid groups (broad SMARTS) is 1. The molecule has 0 radical (unpaired) electrons. The van der Waals surface area contributed by atoms with E-state index < -0.39 is 23.9 Å². The Balaban J connectivity index is 4.47. The van der Waals surface area contributed by atoms with E-state index in [2.05, 4.69) is 10.6 Å². The van der Waals surface area contributed by atoms with E-state index in [-0.39, 0.29) is 12.5 Å². The Hall–Kier alpha value is -1.63. The van der Waals surface area contributed by atoms with Crippen LogP contribution in [0.4, 0.5) is 4.79 Å². The van der Waals surface area contributed by atoms with Gasteiger partial charge in [-0.05, 0) is 33.7 Å². The van der Waals surface area contributed by atoms with Gasteiger partial charge in [-0.15, -0.1) is 0 Å². The molecule has 7 heteroatoms. The molecule has 0 aromatic heterocycles. The second-order valence-electron chi connectivity index (χ2n) is 4.57. The molecule has 19 heavy (non-hydrogen) atoms. The fourth-order valence-corrected chi connectivity index (χ4v) is 1.74. The minimum absolute atomic E-state index is 0.0625. The van der Waals surface area contributed by atoms with Crippen molar-refractivity contribution in [2.24, 2.45) is 0 Å². The molecule has 0 saturated heterocycles. The monoisotopic (exact) mass is 273 g/mol. The van der Waals surface area contributed by atoms with E-state index in [4.69, 9.17) is 5.11 Å². The summed E-state index contributed by atoms with van der Waals surface area (Å²) in [5.41, 5.74) is 0. The topological polar surface area (TPSA) is 98.7 Å². The maximum absolute atomic E-state index is 11.8. The number of hydrogen-bond acceptors (Lipinski definition) is 4. The van der Waals surface area contributed by atoms with E-state index in [0.717, 1.165) is 0 Å². The Labute approximate surface area is 113 Å². The van der Waals surface area contributed by atoms with Gasteiger partial charge in [0.05, 0.1) is 6.04 Å². The second-order valence-corrected chi connectivity index (χ2v) is 4.57. The zero-order valence-corrected chi connectivity index (χ0v) is 11.9. The van der Waals surface area contributed by atoms with Gasteiger partial charge in [0.1, 0.15) is 0 Å². The SMILES string of the molecule is CNC(=O)NC(=O)C(C)N(CCCC(=O)O)C(C)C. The van der Waals surface area contributed by atoms with Crippen molar-refractivity contribution in [1.29, 1.82) is 0 Å². The van der Waals surface area contributed by atoms with Gasteiger partial charge in [-0.1, -0.05) is 0 Å². The summed E-state index contributed by atoms with van der Waals surface area (Å²) in [5.74, 6) is -1.26. The van der Waals surface area contributed by atoms with E-state index in [1.54, 1.807) is 6.92 Å². The zero-order valence-electron chi connectivity index (χ0n) is 11.9. The molecule has 0 aliphatic rings. The number of carbonyl (C=O) groups is 3. The molecule has 0 aromatic carbocycles.